The molecule has 1 aromatic carbocycles. The summed E-state index contributed by atoms with van der Waals surface area (Å²) >= 11 is 0. The van der Waals surface area contributed by atoms with Crippen molar-refractivity contribution in [3.05, 3.63) is 77.2 Å². The number of amides is 1. The molecule has 1 amide bonds. The van der Waals surface area contributed by atoms with Gasteiger partial charge in [-0.05, 0) is 62.2 Å². The Morgan fingerprint density at radius 1 is 1.17 bits per heavy atom. The van der Waals surface area contributed by atoms with E-state index in [2.05, 4.69) is 15.4 Å². The molecular formula is C25H22F3N5O2. The molecule has 7 nitrogen and oxygen atoms in total. The SMILES string of the molecule is Cc1nn(-c2ccccn2)c2nc(C3CC3)cc(C(=O)NCCOc3ccc(C(F)(F)F)cc3)c12. The smallest absolute Gasteiger partial charge is 0.416 e. The molecule has 3 heterocycles. The molecule has 0 spiro atoms. The van der Waals surface area contributed by atoms with Crippen LogP contribution in [0.5, 0.6) is 5.75 Å². The molecule has 35 heavy (non-hydrogen) atoms. The second kappa shape index (κ2) is 9.01. The Morgan fingerprint density at radius 2 is 1.94 bits per heavy atom. The van der Waals surface area contributed by atoms with Crippen molar-refractivity contribution in [1.82, 2.24) is 25.1 Å². The van der Waals surface area contributed by atoms with Gasteiger partial charge < -0.3 is 10.1 Å². The molecule has 1 aliphatic carbocycles. The quantitative estimate of drug-likeness (QED) is 0.383. The minimum Gasteiger partial charge on any atom is -0.492 e. The van der Waals surface area contributed by atoms with Crippen LogP contribution in [0.2, 0.25) is 0 Å². The van der Waals surface area contributed by atoms with Gasteiger partial charge in [0.1, 0.15) is 12.4 Å². The lowest BCUT2D eigenvalue weighted by Gasteiger charge is -2.11. The average Bonchev–Trinajstić information content (AvgIpc) is 3.65. The predicted octanol–water partition coefficient (Wildman–Crippen LogP) is 4.83. The number of benzene rings is 1. The summed E-state index contributed by atoms with van der Waals surface area (Å²) in [6, 6.07) is 11.8. The first-order valence-corrected chi connectivity index (χ1v) is 11.2. The van der Waals surface area contributed by atoms with Crippen LogP contribution in [0.25, 0.3) is 16.9 Å². The summed E-state index contributed by atoms with van der Waals surface area (Å²) in [4.78, 5) is 22.3. The first-order chi connectivity index (χ1) is 16.8. The molecular weight excluding hydrogens is 459 g/mol. The van der Waals surface area contributed by atoms with E-state index in [-0.39, 0.29) is 19.1 Å². The Kier molecular flexibility index (Phi) is 5.88. The topological polar surface area (TPSA) is 81.9 Å². The fourth-order valence-electron chi connectivity index (χ4n) is 3.88. The molecule has 0 aliphatic heterocycles. The van der Waals surface area contributed by atoms with E-state index in [1.807, 2.05) is 31.2 Å². The van der Waals surface area contributed by atoms with Gasteiger partial charge in [-0.15, -0.1) is 0 Å². The zero-order valence-corrected chi connectivity index (χ0v) is 18.8. The summed E-state index contributed by atoms with van der Waals surface area (Å²) in [6.07, 6.45) is -0.675. The molecule has 5 rings (SSSR count). The zero-order chi connectivity index (χ0) is 24.6. The van der Waals surface area contributed by atoms with E-state index in [0.717, 1.165) is 30.7 Å². The van der Waals surface area contributed by atoms with Crippen molar-refractivity contribution in [3.8, 4) is 11.6 Å². The zero-order valence-electron chi connectivity index (χ0n) is 18.8. The number of ether oxygens (including phenoxy) is 1. The number of carbonyl (C=O) groups is 1. The van der Waals surface area contributed by atoms with Crippen molar-refractivity contribution in [3.63, 3.8) is 0 Å². The van der Waals surface area contributed by atoms with Crippen LogP contribution in [0, 0.1) is 6.92 Å². The first-order valence-electron chi connectivity index (χ1n) is 11.2. The standard InChI is InChI=1S/C25H22F3N5O2/c1-15-22-19(24(34)30-12-13-35-18-9-7-17(8-10-18)25(26,27)28)14-20(16-5-6-16)31-23(22)33(32-15)21-4-2-3-11-29-21/h2-4,7-11,14,16H,5-6,12-13H2,1H3,(H,30,34). The molecule has 0 unspecified atom stereocenters. The van der Waals surface area contributed by atoms with Gasteiger partial charge in [0.25, 0.3) is 5.91 Å². The van der Waals surface area contributed by atoms with E-state index < -0.39 is 11.7 Å². The number of hydrogen-bond acceptors (Lipinski definition) is 5. The highest BCUT2D eigenvalue weighted by Crippen LogP contribution is 2.40. The number of nitrogens with zero attached hydrogens (tertiary/aromatic N) is 4. The molecule has 1 aliphatic rings. The number of hydrogen-bond donors (Lipinski definition) is 1. The Bertz CT molecular complexity index is 1360. The van der Waals surface area contributed by atoms with Crippen molar-refractivity contribution in [1.29, 1.82) is 0 Å². The number of carbonyl (C=O) groups excluding carboxylic acids is 1. The fraction of sp³-hybridized carbons (Fsp3) is 0.280. The minimum atomic E-state index is -4.40. The van der Waals surface area contributed by atoms with Crippen LogP contribution in [0.3, 0.4) is 0 Å². The number of rotatable bonds is 7. The summed E-state index contributed by atoms with van der Waals surface area (Å²) in [5.41, 5.74) is 1.82. The van der Waals surface area contributed by atoms with Crippen LogP contribution in [0.15, 0.2) is 54.7 Å². The second-order valence-corrected chi connectivity index (χ2v) is 8.38. The Hall–Kier alpha value is -3.95. The van der Waals surface area contributed by atoms with Gasteiger partial charge in [0.05, 0.1) is 28.8 Å². The second-order valence-electron chi connectivity index (χ2n) is 8.38. The fourth-order valence-corrected chi connectivity index (χ4v) is 3.88. The number of nitrogens with one attached hydrogen (secondary N) is 1. The molecule has 3 aromatic heterocycles. The molecule has 1 N–H and O–H groups in total. The van der Waals surface area contributed by atoms with E-state index in [1.54, 1.807) is 10.9 Å². The molecule has 1 fully saturated rings. The number of halogens is 3. The molecule has 10 heteroatoms. The van der Waals surface area contributed by atoms with Gasteiger partial charge in [-0.25, -0.2) is 9.97 Å². The largest absolute Gasteiger partial charge is 0.492 e. The monoisotopic (exact) mass is 481 g/mol. The normalized spacial score (nSPS) is 13.7. The van der Waals surface area contributed by atoms with E-state index in [0.29, 0.717) is 39.8 Å². The van der Waals surface area contributed by atoms with Crippen molar-refractivity contribution >= 4 is 16.9 Å². The Balaban J connectivity index is 1.33. The van der Waals surface area contributed by atoms with Gasteiger partial charge in [0.2, 0.25) is 0 Å². The number of fused-ring (bicyclic) bond motifs is 1. The Morgan fingerprint density at radius 3 is 2.60 bits per heavy atom. The van der Waals surface area contributed by atoms with Crippen LogP contribution in [-0.4, -0.2) is 38.8 Å². The van der Waals surface area contributed by atoms with Gasteiger partial charge in [0, 0.05) is 17.8 Å². The van der Waals surface area contributed by atoms with E-state index in [4.69, 9.17) is 9.72 Å². The lowest BCUT2D eigenvalue weighted by atomic mass is 10.1. The molecule has 180 valence electrons. The molecule has 0 radical (unpaired) electrons. The van der Waals surface area contributed by atoms with E-state index in [1.165, 1.54) is 12.1 Å². The molecule has 0 saturated heterocycles. The maximum absolute atomic E-state index is 13.1. The molecule has 4 aromatic rings. The summed E-state index contributed by atoms with van der Waals surface area (Å²) in [7, 11) is 0. The molecule has 0 atom stereocenters. The van der Waals surface area contributed by atoms with Crippen molar-refractivity contribution in [2.75, 3.05) is 13.2 Å². The number of aromatic nitrogens is 4. The highest BCUT2D eigenvalue weighted by Gasteiger charge is 2.30. The van der Waals surface area contributed by atoms with Crippen molar-refractivity contribution < 1.29 is 22.7 Å². The number of pyridine rings is 2. The van der Waals surface area contributed by atoms with Crippen LogP contribution in [-0.2, 0) is 6.18 Å². The van der Waals surface area contributed by atoms with Gasteiger partial charge in [0.15, 0.2) is 11.5 Å². The molecule has 0 bridgehead atoms. The van der Waals surface area contributed by atoms with Crippen LogP contribution >= 0.6 is 0 Å². The maximum Gasteiger partial charge on any atom is 0.416 e. The van der Waals surface area contributed by atoms with Gasteiger partial charge >= 0.3 is 6.18 Å². The summed E-state index contributed by atoms with van der Waals surface area (Å²) in [5.74, 6) is 0.935. The van der Waals surface area contributed by atoms with Crippen molar-refractivity contribution in [2.24, 2.45) is 0 Å². The third-order valence-electron chi connectivity index (χ3n) is 5.78. The third kappa shape index (κ3) is 4.82. The first kappa shape index (κ1) is 22.8. The number of alkyl halides is 3. The van der Waals surface area contributed by atoms with Crippen LogP contribution < -0.4 is 10.1 Å². The Labute approximate surface area is 199 Å². The van der Waals surface area contributed by atoms with Crippen LogP contribution in [0.4, 0.5) is 13.2 Å². The number of aryl methyl sites for hydroxylation is 1. The third-order valence-corrected chi connectivity index (χ3v) is 5.78. The summed E-state index contributed by atoms with van der Waals surface area (Å²) in [6.45, 7) is 2.10. The summed E-state index contributed by atoms with van der Waals surface area (Å²) in [5, 5.41) is 8.08. The highest BCUT2D eigenvalue weighted by molar-refractivity contribution is 6.06. The van der Waals surface area contributed by atoms with Crippen molar-refractivity contribution in [2.45, 2.75) is 31.9 Å². The van der Waals surface area contributed by atoms with E-state index >= 15 is 0 Å². The average molecular weight is 481 g/mol. The maximum atomic E-state index is 13.1. The lowest BCUT2D eigenvalue weighted by Crippen LogP contribution is -2.28. The summed E-state index contributed by atoms with van der Waals surface area (Å²) < 4.78 is 45.2. The highest BCUT2D eigenvalue weighted by atomic mass is 19.4. The van der Waals surface area contributed by atoms with Gasteiger partial charge in [-0.2, -0.15) is 23.0 Å². The van der Waals surface area contributed by atoms with Crippen LogP contribution in [0.1, 0.15) is 46.1 Å². The molecule has 1 saturated carbocycles. The van der Waals surface area contributed by atoms with Gasteiger partial charge in [-0.3, -0.25) is 4.79 Å². The van der Waals surface area contributed by atoms with Gasteiger partial charge in [-0.1, -0.05) is 6.07 Å². The van der Waals surface area contributed by atoms with E-state index in [9.17, 15) is 18.0 Å². The lowest BCUT2D eigenvalue weighted by molar-refractivity contribution is -0.137. The minimum absolute atomic E-state index is 0.104. The predicted molar refractivity (Wildman–Crippen MR) is 123 cm³/mol.